The predicted octanol–water partition coefficient (Wildman–Crippen LogP) is -0.251. The summed E-state index contributed by atoms with van der Waals surface area (Å²) in [5.74, 6) is -0.621. The van der Waals surface area contributed by atoms with Gasteiger partial charge in [-0.05, 0) is 30.3 Å². The van der Waals surface area contributed by atoms with E-state index in [1.165, 1.54) is 41.4 Å². The van der Waals surface area contributed by atoms with Crippen LogP contribution in [0, 0.1) is 0 Å². The summed E-state index contributed by atoms with van der Waals surface area (Å²) in [5.41, 5.74) is -0.743. The molecule has 1 aromatic heterocycles. The molecule has 0 aliphatic carbocycles. The first-order valence-corrected chi connectivity index (χ1v) is 8.13. The number of ether oxygens (including phenoxy) is 1. The maximum atomic E-state index is 12.7. The van der Waals surface area contributed by atoms with Gasteiger partial charge in [-0.2, -0.15) is 5.10 Å². The van der Waals surface area contributed by atoms with Crippen LogP contribution in [0.5, 0.6) is 5.75 Å². The number of nitrogens with zero attached hydrogens (tertiary/aromatic N) is 2. The lowest BCUT2D eigenvalue weighted by atomic mass is 10.0. The van der Waals surface area contributed by atoms with Gasteiger partial charge < -0.3 is 25.2 Å². The molecule has 4 N–H and O–H groups in total. The molecular weight excluding hydrogens is 340 g/mol. The SMILES string of the molecule is O=C(NC[C@@]1(O)COCCN(C(=O)c2ccc(O)cc2)C1)c1ccn[nH]1. The van der Waals surface area contributed by atoms with Gasteiger partial charge in [0.15, 0.2) is 0 Å². The number of nitrogens with one attached hydrogen (secondary N) is 2. The molecule has 1 fully saturated rings. The molecule has 26 heavy (non-hydrogen) atoms. The molecule has 2 amide bonds. The van der Waals surface area contributed by atoms with Crippen molar-refractivity contribution in [2.24, 2.45) is 0 Å². The fourth-order valence-electron chi connectivity index (χ4n) is 2.71. The van der Waals surface area contributed by atoms with Crippen molar-refractivity contribution >= 4 is 11.8 Å². The third kappa shape index (κ3) is 4.19. The standard InChI is InChI=1S/C17H20N4O5/c22-13-3-1-12(2-4-13)16(24)21-7-8-26-11-17(25,10-21)9-18-15(23)14-5-6-19-20-14/h1-6,22,25H,7-11H2,(H,18,23)(H,19,20)/t17-/m0/s1. The van der Waals surface area contributed by atoms with E-state index in [1.54, 1.807) is 0 Å². The van der Waals surface area contributed by atoms with Crippen molar-refractivity contribution in [1.29, 1.82) is 0 Å². The molecule has 2 heterocycles. The fourth-order valence-corrected chi connectivity index (χ4v) is 2.71. The molecule has 1 aromatic carbocycles. The van der Waals surface area contributed by atoms with Crippen LogP contribution in [0.3, 0.4) is 0 Å². The number of phenolic OH excluding ortho intramolecular Hbond substituents is 1. The largest absolute Gasteiger partial charge is 0.508 e. The molecule has 0 spiro atoms. The summed E-state index contributed by atoms with van der Waals surface area (Å²) in [5, 5.41) is 29.0. The normalized spacial score (nSPS) is 20.4. The Labute approximate surface area is 149 Å². The van der Waals surface area contributed by atoms with Crippen LogP contribution in [0.25, 0.3) is 0 Å². The van der Waals surface area contributed by atoms with Crippen LogP contribution < -0.4 is 5.32 Å². The van der Waals surface area contributed by atoms with Crippen molar-refractivity contribution in [3.05, 3.63) is 47.8 Å². The third-order valence-corrected chi connectivity index (χ3v) is 4.09. The number of benzene rings is 1. The Hall–Kier alpha value is -2.91. The number of hydrogen-bond donors (Lipinski definition) is 4. The Kier molecular flexibility index (Phi) is 5.19. The number of amides is 2. The van der Waals surface area contributed by atoms with Crippen LogP contribution in [-0.4, -0.2) is 75.6 Å². The molecule has 1 aliphatic rings. The topological polar surface area (TPSA) is 128 Å². The molecule has 1 aliphatic heterocycles. The minimum atomic E-state index is -1.42. The molecule has 0 saturated carbocycles. The molecule has 0 unspecified atom stereocenters. The van der Waals surface area contributed by atoms with Crippen LogP contribution in [0.2, 0.25) is 0 Å². The van der Waals surface area contributed by atoms with E-state index >= 15 is 0 Å². The minimum absolute atomic E-state index is 0.00435. The molecule has 0 bridgehead atoms. The molecule has 138 valence electrons. The van der Waals surface area contributed by atoms with Crippen LogP contribution in [0.4, 0.5) is 0 Å². The van der Waals surface area contributed by atoms with E-state index < -0.39 is 11.5 Å². The number of aliphatic hydroxyl groups is 1. The highest BCUT2D eigenvalue weighted by atomic mass is 16.5. The monoisotopic (exact) mass is 360 g/mol. The molecule has 3 rings (SSSR count). The number of aromatic amines is 1. The molecule has 9 nitrogen and oxygen atoms in total. The Morgan fingerprint density at radius 3 is 2.77 bits per heavy atom. The number of aromatic nitrogens is 2. The highest BCUT2D eigenvalue weighted by Gasteiger charge is 2.35. The van der Waals surface area contributed by atoms with E-state index in [1.807, 2.05) is 0 Å². The average molecular weight is 360 g/mol. The first kappa shape index (κ1) is 17.9. The van der Waals surface area contributed by atoms with Gasteiger partial charge in [0.25, 0.3) is 11.8 Å². The Bertz CT molecular complexity index is 762. The Morgan fingerprint density at radius 2 is 2.08 bits per heavy atom. The summed E-state index contributed by atoms with van der Waals surface area (Å²) in [6.07, 6.45) is 1.45. The molecule has 2 aromatic rings. The molecule has 1 saturated heterocycles. The first-order valence-electron chi connectivity index (χ1n) is 8.13. The van der Waals surface area contributed by atoms with Crippen LogP contribution in [0.15, 0.2) is 36.5 Å². The summed E-state index contributed by atoms with van der Waals surface area (Å²) in [6, 6.07) is 7.41. The summed E-state index contributed by atoms with van der Waals surface area (Å²) in [4.78, 5) is 26.1. The van der Waals surface area contributed by atoms with Gasteiger partial charge >= 0.3 is 0 Å². The van der Waals surface area contributed by atoms with Crippen molar-refractivity contribution in [3.63, 3.8) is 0 Å². The number of phenols is 1. The average Bonchev–Trinajstić information content (AvgIpc) is 3.10. The van der Waals surface area contributed by atoms with Crippen molar-refractivity contribution < 1.29 is 24.5 Å². The summed E-state index contributed by atoms with van der Waals surface area (Å²) >= 11 is 0. The van der Waals surface area contributed by atoms with E-state index in [4.69, 9.17) is 4.74 Å². The number of hydrogen-bond acceptors (Lipinski definition) is 6. The van der Waals surface area contributed by atoms with Crippen molar-refractivity contribution in [2.75, 3.05) is 32.8 Å². The van der Waals surface area contributed by atoms with Gasteiger partial charge in [0.2, 0.25) is 0 Å². The fraction of sp³-hybridized carbons (Fsp3) is 0.353. The van der Waals surface area contributed by atoms with Gasteiger partial charge in [-0.3, -0.25) is 14.7 Å². The van der Waals surface area contributed by atoms with E-state index in [9.17, 15) is 19.8 Å². The lowest BCUT2D eigenvalue weighted by molar-refractivity contribution is -0.0324. The summed E-state index contributed by atoms with van der Waals surface area (Å²) in [6.45, 7) is 0.521. The van der Waals surface area contributed by atoms with E-state index in [2.05, 4.69) is 15.5 Å². The maximum absolute atomic E-state index is 12.7. The number of rotatable bonds is 4. The van der Waals surface area contributed by atoms with Crippen molar-refractivity contribution in [1.82, 2.24) is 20.4 Å². The van der Waals surface area contributed by atoms with Gasteiger partial charge in [-0.15, -0.1) is 0 Å². The lowest BCUT2D eigenvalue weighted by Crippen LogP contribution is -2.53. The van der Waals surface area contributed by atoms with Crippen LogP contribution in [-0.2, 0) is 4.74 Å². The Morgan fingerprint density at radius 1 is 1.31 bits per heavy atom. The van der Waals surface area contributed by atoms with Crippen molar-refractivity contribution in [3.8, 4) is 5.75 Å². The van der Waals surface area contributed by atoms with E-state index in [-0.39, 0.29) is 43.7 Å². The van der Waals surface area contributed by atoms with Crippen molar-refractivity contribution in [2.45, 2.75) is 5.60 Å². The van der Waals surface area contributed by atoms with E-state index in [0.29, 0.717) is 12.1 Å². The number of β-amino-alcohol motifs (C(OH)–C–C–N with tert-alkyl or cyclic N) is 1. The van der Waals surface area contributed by atoms with Gasteiger partial charge in [-0.1, -0.05) is 0 Å². The summed E-state index contributed by atoms with van der Waals surface area (Å²) < 4.78 is 5.41. The lowest BCUT2D eigenvalue weighted by Gasteiger charge is -2.31. The minimum Gasteiger partial charge on any atom is -0.508 e. The predicted molar refractivity (Wildman–Crippen MR) is 90.7 cm³/mol. The highest BCUT2D eigenvalue weighted by molar-refractivity contribution is 5.94. The number of carbonyl (C=O) groups is 2. The second-order valence-electron chi connectivity index (χ2n) is 6.20. The third-order valence-electron chi connectivity index (χ3n) is 4.09. The molecule has 1 atom stereocenters. The molecule has 9 heteroatoms. The number of H-pyrrole nitrogens is 1. The quantitative estimate of drug-likeness (QED) is 0.595. The van der Waals surface area contributed by atoms with Crippen LogP contribution in [0.1, 0.15) is 20.8 Å². The second kappa shape index (κ2) is 7.54. The second-order valence-corrected chi connectivity index (χ2v) is 6.20. The van der Waals surface area contributed by atoms with Gasteiger partial charge in [0, 0.05) is 18.3 Å². The first-order chi connectivity index (χ1) is 12.5. The highest BCUT2D eigenvalue weighted by Crippen LogP contribution is 2.17. The maximum Gasteiger partial charge on any atom is 0.269 e. The molecular formula is C17H20N4O5. The number of aromatic hydroxyl groups is 1. The molecule has 0 radical (unpaired) electrons. The zero-order valence-corrected chi connectivity index (χ0v) is 14.0. The zero-order valence-electron chi connectivity index (χ0n) is 14.0. The van der Waals surface area contributed by atoms with Gasteiger partial charge in [0.05, 0.1) is 26.3 Å². The zero-order chi connectivity index (χ0) is 18.6. The van der Waals surface area contributed by atoms with Gasteiger partial charge in [0.1, 0.15) is 17.0 Å². The van der Waals surface area contributed by atoms with Gasteiger partial charge in [-0.25, -0.2) is 0 Å². The van der Waals surface area contributed by atoms with E-state index in [0.717, 1.165) is 0 Å². The summed E-state index contributed by atoms with van der Waals surface area (Å²) in [7, 11) is 0. The Balaban J connectivity index is 1.66. The van der Waals surface area contributed by atoms with Crippen LogP contribution >= 0.6 is 0 Å². The number of carbonyl (C=O) groups excluding carboxylic acids is 2. The smallest absolute Gasteiger partial charge is 0.269 e.